The van der Waals surface area contributed by atoms with E-state index >= 15 is 0 Å². The molecular weight excluding hydrogens is 136 g/mol. The molecule has 0 unspecified atom stereocenters. The number of Topliss-reactive ketones (excluding diaryl/α,β-unsaturated/α-hetero) is 1. The second-order valence-corrected chi connectivity index (χ2v) is 2.76. The molecule has 4 nitrogen and oxygen atoms in total. The first-order chi connectivity index (χ1) is 4.86. The minimum absolute atomic E-state index is 0.00579. The zero-order valence-corrected chi connectivity index (χ0v) is 5.15. The van der Waals surface area contributed by atoms with Crippen LogP contribution in [0.5, 0.6) is 0 Å². The van der Waals surface area contributed by atoms with Crippen molar-refractivity contribution in [3.8, 4) is 0 Å². The van der Waals surface area contributed by atoms with Gasteiger partial charge in [-0.1, -0.05) is 0 Å². The molecule has 0 aromatic rings. The lowest BCUT2D eigenvalue weighted by Gasteiger charge is -2.11. The van der Waals surface area contributed by atoms with Crippen LogP contribution in [0.2, 0.25) is 0 Å². The molecule has 0 spiro atoms. The van der Waals surface area contributed by atoms with E-state index in [9.17, 15) is 4.79 Å². The minimum atomic E-state index is -0.617. The van der Waals surface area contributed by atoms with Gasteiger partial charge in [-0.2, -0.15) is 0 Å². The Morgan fingerprint density at radius 1 is 1.40 bits per heavy atom. The van der Waals surface area contributed by atoms with E-state index in [1.807, 2.05) is 0 Å². The molecule has 0 N–H and O–H groups in total. The zero-order valence-electron chi connectivity index (χ0n) is 5.15. The van der Waals surface area contributed by atoms with Crippen molar-refractivity contribution in [1.82, 2.24) is 0 Å². The molecule has 2 bridgehead atoms. The van der Waals surface area contributed by atoms with Crippen LogP contribution in [0.25, 0.3) is 0 Å². The van der Waals surface area contributed by atoms with Crippen molar-refractivity contribution in [3.63, 3.8) is 0 Å². The third kappa shape index (κ3) is 0.460. The molecule has 0 aromatic heterocycles. The lowest BCUT2D eigenvalue weighted by Crippen LogP contribution is -2.35. The molecule has 0 amide bonds. The Labute approximate surface area is 57.0 Å². The quantitative estimate of drug-likeness (QED) is 0.410. The molecule has 4 heteroatoms. The summed E-state index contributed by atoms with van der Waals surface area (Å²) in [6, 6.07) is 0. The fourth-order valence-corrected chi connectivity index (χ4v) is 1.51. The van der Waals surface area contributed by atoms with Crippen molar-refractivity contribution >= 4 is 5.78 Å². The van der Waals surface area contributed by atoms with E-state index in [0.29, 0.717) is 6.61 Å². The van der Waals surface area contributed by atoms with Gasteiger partial charge in [-0.15, -0.1) is 0 Å². The zero-order chi connectivity index (χ0) is 6.72. The predicted octanol–water partition coefficient (Wildman–Crippen LogP) is -0.922. The van der Waals surface area contributed by atoms with Crippen LogP contribution in [0.1, 0.15) is 0 Å². The number of hydrogen-bond acceptors (Lipinski definition) is 4. The largest absolute Gasteiger partial charge is 0.358 e. The molecule has 4 atom stereocenters. The summed E-state index contributed by atoms with van der Waals surface area (Å²) < 4.78 is 15.3. The number of fused-ring (bicyclic) bond motifs is 4. The molecule has 0 saturated carbocycles. The van der Waals surface area contributed by atoms with Crippen molar-refractivity contribution in [2.45, 2.75) is 24.6 Å². The highest BCUT2D eigenvalue weighted by Gasteiger charge is 2.61. The normalized spacial score (nSPS) is 56.6. The van der Waals surface area contributed by atoms with Gasteiger partial charge in [-0.3, -0.25) is 4.79 Å². The van der Waals surface area contributed by atoms with Gasteiger partial charge in [0, 0.05) is 0 Å². The van der Waals surface area contributed by atoms with Gasteiger partial charge in [0.1, 0.15) is 12.2 Å². The van der Waals surface area contributed by atoms with Gasteiger partial charge < -0.3 is 14.2 Å². The second-order valence-electron chi connectivity index (χ2n) is 2.76. The summed E-state index contributed by atoms with van der Waals surface area (Å²) >= 11 is 0. The van der Waals surface area contributed by atoms with Gasteiger partial charge in [0.15, 0.2) is 6.10 Å². The van der Waals surface area contributed by atoms with Crippen LogP contribution >= 0.6 is 0 Å². The first-order valence-corrected chi connectivity index (χ1v) is 3.32. The van der Waals surface area contributed by atoms with E-state index in [1.54, 1.807) is 0 Å². The maximum absolute atomic E-state index is 11.0. The number of carbonyl (C=O) groups is 1. The number of hydrogen-bond donors (Lipinski definition) is 0. The Kier molecular flexibility index (Phi) is 0.741. The highest BCUT2D eigenvalue weighted by molar-refractivity contribution is 5.90. The number of carbonyl (C=O) groups excluding carboxylic acids is 1. The minimum Gasteiger partial charge on any atom is -0.358 e. The molecular formula is C6H6O4. The number of ketones is 1. The monoisotopic (exact) mass is 142 g/mol. The maximum atomic E-state index is 11.0. The predicted molar refractivity (Wildman–Crippen MR) is 28.3 cm³/mol. The lowest BCUT2D eigenvalue weighted by atomic mass is 10.1. The van der Waals surface area contributed by atoms with Crippen LogP contribution in [0.4, 0.5) is 0 Å². The van der Waals surface area contributed by atoms with Crippen LogP contribution in [0.15, 0.2) is 0 Å². The Morgan fingerprint density at radius 2 is 2.30 bits per heavy atom. The van der Waals surface area contributed by atoms with Gasteiger partial charge in [0.25, 0.3) is 0 Å². The van der Waals surface area contributed by atoms with E-state index in [4.69, 9.17) is 14.2 Å². The van der Waals surface area contributed by atoms with Crippen LogP contribution in [-0.4, -0.2) is 37.0 Å². The van der Waals surface area contributed by atoms with E-state index in [-0.39, 0.29) is 24.1 Å². The Morgan fingerprint density at radius 3 is 3.20 bits per heavy atom. The molecule has 0 aliphatic carbocycles. The molecule has 3 aliphatic rings. The number of epoxide rings is 1. The van der Waals surface area contributed by atoms with Gasteiger partial charge in [0.2, 0.25) is 12.1 Å². The standard InChI is InChI=1S/C6H6O4/c7-3-5-4(10-5)2-1-8-6(3)9-2/h2,4-6H,1H2/t2-,4-,5+,6-/m1/s1. The molecule has 3 fully saturated rings. The Hall–Kier alpha value is -0.450. The SMILES string of the molecule is O=C1[C@@H]2OC[C@@H](O2)[C@H]2O[C@@H]12. The van der Waals surface area contributed by atoms with Crippen LogP contribution < -0.4 is 0 Å². The van der Waals surface area contributed by atoms with Crippen LogP contribution in [0.3, 0.4) is 0 Å². The third-order valence-corrected chi connectivity index (χ3v) is 2.11. The summed E-state index contributed by atoms with van der Waals surface area (Å²) in [7, 11) is 0. The molecule has 0 aromatic carbocycles. The summed E-state index contributed by atoms with van der Waals surface area (Å²) in [5.74, 6) is -0.0428. The maximum Gasteiger partial charge on any atom is 0.221 e. The van der Waals surface area contributed by atoms with Crippen molar-refractivity contribution in [2.24, 2.45) is 0 Å². The van der Waals surface area contributed by atoms with Gasteiger partial charge in [-0.25, -0.2) is 0 Å². The van der Waals surface area contributed by atoms with Crippen molar-refractivity contribution in [1.29, 1.82) is 0 Å². The van der Waals surface area contributed by atoms with Crippen molar-refractivity contribution < 1.29 is 19.0 Å². The first kappa shape index (κ1) is 5.23. The number of rotatable bonds is 0. The van der Waals surface area contributed by atoms with Gasteiger partial charge in [0.05, 0.1) is 6.61 Å². The average Bonchev–Trinajstić information content (AvgIpc) is 2.61. The smallest absolute Gasteiger partial charge is 0.221 e. The van der Waals surface area contributed by atoms with E-state index in [0.717, 1.165) is 0 Å². The molecule has 10 heavy (non-hydrogen) atoms. The summed E-state index contributed by atoms with van der Waals surface area (Å²) in [5, 5.41) is 0. The number of ether oxygens (including phenoxy) is 3. The molecule has 3 rings (SSSR count). The van der Waals surface area contributed by atoms with Crippen LogP contribution in [-0.2, 0) is 19.0 Å². The van der Waals surface area contributed by atoms with E-state index < -0.39 is 6.29 Å². The highest BCUT2D eigenvalue weighted by Crippen LogP contribution is 2.38. The summed E-state index contributed by atoms with van der Waals surface area (Å²) in [6.07, 6.45) is -0.793. The van der Waals surface area contributed by atoms with E-state index in [2.05, 4.69) is 0 Å². The lowest BCUT2D eigenvalue weighted by molar-refractivity contribution is -0.149. The van der Waals surface area contributed by atoms with Crippen LogP contribution in [0, 0.1) is 0 Å². The fourth-order valence-electron chi connectivity index (χ4n) is 1.51. The van der Waals surface area contributed by atoms with Crippen molar-refractivity contribution in [2.75, 3.05) is 6.61 Å². The summed E-state index contributed by atoms with van der Waals surface area (Å²) in [6.45, 7) is 0.511. The Bertz CT molecular complexity index is 202. The van der Waals surface area contributed by atoms with Crippen molar-refractivity contribution in [3.05, 3.63) is 0 Å². The molecule has 3 heterocycles. The first-order valence-electron chi connectivity index (χ1n) is 3.32. The van der Waals surface area contributed by atoms with Gasteiger partial charge in [-0.05, 0) is 0 Å². The summed E-state index contributed by atoms with van der Waals surface area (Å²) in [4.78, 5) is 11.0. The topological polar surface area (TPSA) is 48.1 Å². The highest BCUT2D eigenvalue weighted by atomic mass is 16.8. The average molecular weight is 142 g/mol. The molecule has 3 aliphatic heterocycles. The summed E-state index contributed by atoms with van der Waals surface area (Å²) in [5.41, 5.74) is 0. The molecule has 0 radical (unpaired) electrons. The second kappa shape index (κ2) is 1.42. The Balaban J connectivity index is 1.98. The van der Waals surface area contributed by atoms with Gasteiger partial charge >= 0.3 is 0 Å². The fraction of sp³-hybridized carbons (Fsp3) is 0.833. The third-order valence-electron chi connectivity index (χ3n) is 2.11. The molecule has 3 saturated heterocycles. The van der Waals surface area contributed by atoms with E-state index in [1.165, 1.54) is 0 Å². The molecule has 54 valence electrons.